The van der Waals surface area contributed by atoms with Crippen LogP contribution in [0.1, 0.15) is 364 Å². The number of rotatable bonds is 80. The van der Waals surface area contributed by atoms with E-state index in [1.807, 2.05) is 0 Å². The first-order valence-corrected chi connectivity index (χ1v) is 47.3. The van der Waals surface area contributed by atoms with Gasteiger partial charge in [0.2, 0.25) is 11.8 Å². The van der Waals surface area contributed by atoms with Crippen molar-refractivity contribution in [3.8, 4) is 0 Å². The summed E-state index contributed by atoms with van der Waals surface area (Å²) in [4.78, 5) is 103. The second-order valence-corrected chi connectivity index (χ2v) is 34.0. The van der Waals surface area contributed by atoms with Crippen molar-refractivity contribution < 1.29 is 104 Å². The van der Waals surface area contributed by atoms with E-state index in [2.05, 4.69) is 87.1 Å². The van der Waals surface area contributed by atoms with Crippen molar-refractivity contribution in [2.24, 2.45) is 0 Å². The summed E-state index contributed by atoms with van der Waals surface area (Å²) in [6.45, 7) is 12.9. The number of hydrogen-bond donors (Lipinski definition) is 8. The van der Waals surface area contributed by atoms with E-state index < -0.39 is 126 Å². The Bertz CT molecular complexity index is 2550. The van der Waals surface area contributed by atoms with Gasteiger partial charge in [-0.25, -0.2) is 9.13 Å². The molecule has 0 spiro atoms. The van der Waals surface area contributed by atoms with Crippen LogP contribution in [0.3, 0.4) is 0 Å². The van der Waals surface area contributed by atoms with Gasteiger partial charge in [-0.05, 0) is 117 Å². The predicted octanol–water partition coefficient (Wildman–Crippen LogP) is 17.5. The molecule has 0 aliphatic carbocycles. The van der Waals surface area contributed by atoms with Crippen LogP contribution in [0.25, 0.3) is 0 Å². The molecule has 26 nitrogen and oxygen atoms in total. The van der Waals surface area contributed by atoms with Crippen molar-refractivity contribution in [2.45, 2.75) is 418 Å². The Balaban J connectivity index is 3.08. The number of amides is 4. The molecule has 1 aliphatic heterocycles. The third kappa shape index (κ3) is 64.0. The molecule has 10 atom stereocenters. The summed E-state index contributed by atoms with van der Waals surface area (Å²) in [5, 5.41) is 32.0. The quantitative estimate of drug-likeness (QED) is 0.0121. The Hall–Kier alpha value is -3.72. The van der Waals surface area contributed by atoms with E-state index in [-0.39, 0.29) is 71.2 Å². The largest absolute Gasteiger partial charge is 0.472 e. The molecule has 1 fully saturated rings. The van der Waals surface area contributed by atoms with Crippen molar-refractivity contribution in [1.29, 1.82) is 0 Å². The van der Waals surface area contributed by atoms with Crippen LogP contribution < -0.4 is 21.3 Å². The van der Waals surface area contributed by atoms with Crippen LogP contribution in [0.4, 0.5) is 0 Å². The first kappa shape index (κ1) is 107. The maximum atomic E-state index is 13.9. The molecule has 662 valence electrons. The molecule has 0 radical (unpaired) electrons. The minimum Gasteiger partial charge on any atom is -0.462 e. The van der Waals surface area contributed by atoms with E-state index in [1.54, 1.807) is 0 Å². The van der Waals surface area contributed by atoms with Crippen molar-refractivity contribution in [1.82, 2.24) is 21.3 Å². The number of phosphoric acid groups is 2. The molecule has 0 saturated carbocycles. The highest BCUT2D eigenvalue weighted by molar-refractivity contribution is 7.47. The van der Waals surface area contributed by atoms with Gasteiger partial charge in [-0.1, -0.05) is 246 Å². The second kappa shape index (κ2) is 71.2. The van der Waals surface area contributed by atoms with Gasteiger partial charge in [0.25, 0.3) is 11.8 Å². The van der Waals surface area contributed by atoms with Gasteiger partial charge in [0, 0.05) is 39.1 Å². The van der Waals surface area contributed by atoms with Gasteiger partial charge < -0.3 is 69.7 Å². The van der Waals surface area contributed by atoms with Crippen LogP contribution in [0.15, 0.2) is 24.3 Å². The Morgan fingerprint density at radius 2 is 0.690 bits per heavy atom. The van der Waals surface area contributed by atoms with Crippen LogP contribution in [0.5, 0.6) is 0 Å². The summed E-state index contributed by atoms with van der Waals surface area (Å²) in [5.74, 6) is -4.90. The highest BCUT2D eigenvalue weighted by Crippen LogP contribution is 2.44. The van der Waals surface area contributed by atoms with E-state index in [1.165, 1.54) is 78.1 Å². The van der Waals surface area contributed by atoms with Crippen LogP contribution in [-0.2, 0) is 84.4 Å². The van der Waals surface area contributed by atoms with E-state index >= 15 is 0 Å². The number of unbranched alkanes of at least 4 members (excludes halogenated alkanes) is 30. The zero-order valence-electron chi connectivity index (χ0n) is 71.5. The number of carbonyl (C=O) groups is 6. The maximum absolute atomic E-state index is 13.9. The topological polar surface area (TPSA) is 358 Å². The first-order chi connectivity index (χ1) is 54.4. The zero-order chi connectivity index (χ0) is 83.3. The van der Waals surface area contributed by atoms with Gasteiger partial charge in [0.05, 0.1) is 76.8 Å². The highest BCUT2D eigenvalue weighted by atomic mass is 31.2. The lowest BCUT2D eigenvalue weighted by atomic mass is 10.0. The Morgan fingerprint density at radius 3 is 1.03 bits per heavy atom. The first-order valence-electron chi connectivity index (χ1n) is 44.4. The fraction of sp³-hybridized carbons (Fsp3) is 0.882. The molecule has 4 amide bonds. The van der Waals surface area contributed by atoms with Crippen molar-refractivity contribution >= 4 is 51.2 Å². The molecule has 1 heterocycles. The van der Waals surface area contributed by atoms with Crippen LogP contribution in [0.2, 0.25) is 0 Å². The number of aliphatic hydroxyl groups excluding tert-OH is 2. The normalized spacial score (nSPS) is 17.0. The SMILES string of the molecule is CCCCCC/C=C/CCCC(=O)O[C@H](CCCCCCC)CC(=O)NC(COCC[C@H](O)CCCCCCC)COP(=O)(O)OCCNC(=O)[C@H]1OC(C)(C)O[C@@H]1C(=O)NCCOP(=O)(O)OCC(COCC[C@H](O)CCCCCCC)NC(=O)C[C@@H](CCCCCCCCCCC)OC(=O)CCC/C=C/CCCCCC. The molecule has 0 bridgehead atoms. The summed E-state index contributed by atoms with van der Waals surface area (Å²) in [5.41, 5.74) is 0. The average molecular weight is 1650 g/mol. The molecule has 8 N–H and O–H groups in total. The molecule has 28 heteroatoms. The third-order valence-corrected chi connectivity index (χ3v) is 21.6. The van der Waals surface area contributed by atoms with Gasteiger partial charge >= 0.3 is 27.6 Å². The summed E-state index contributed by atoms with van der Waals surface area (Å²) in [6.07, 6.45) is 45.0. The number of esters is 2. The van der Waals surface area contributed by atoms with E-state index in [0.29, 0.717) is 51.4 Å². The Kier molecular flexibility index (Phi) is 67.6. The van der Waals surface area contributed by atoms with Gasteiger partial charge in [-0.2, -0.15) is 0 Å². The number of allylic oxidation sites excluding steroid dienone is 4. The lowest BCUT2D eigenvalue weighted by molar-refractivity contribution is -0.159. The predicted molar refractivity (Wildman–Crippen MR) is 445 cm³/mol. The summed E-state index contributed by atoms with van der Waals surface area (Å²) in [7, 11) is -9.75. The minimum absolute atomic E-state index is 0.132. The fourth-order valence-electron chi connectivity index (χ4n) is 13.0. The van der Waals surface area contributed by atoms with E-state index in [0.717, 1.165) is 167 Å². The van der Waals surface area contributed by atoms with Gasteiger partial charge in [0.15, 0.2) is 18.0 Å². The number of phosphoric ester groups is 2. The lowest BCUT2D eigenvalue weighted by Crippen LogP contribution is -2.48. The number of hydrogen-bond acceptors (Lipinski definition) is 20. The van der Waals surface area contributed by atoms with Gasteiger partial charge in [0.1, 0.15) is 12.2 Å². The summed E-state index contributed by atoms with van der Waals surface area (Å²) in [6, 6.07) is -1.97. The van der Waals surface area contributed by atoms with Crippen molar-refractivity contribution in [2.75, 3.05) is 65.9 Å². The highest BCUT2D eigenvalue weighted by Gasteiger charge is 2.49. The summed E-state index contributed by atoms with van der Waals surface area (Å²) >= 11 is 0. The number of aliphatic hydroxyl groups is 2. The van der Waals surface area contributed by atoms with E-state index in [4.69, 9.17) is 46.5 Å². The minimum atomic E-state index is -4.88. The molecule has 113 heavy (non-hydrogen) atoms. The Morgan fingerprint density at radius 1 is 0.389 bits per heavy atom. The van der Waals surface area contributed by atoms with Crippen molar-refractivity contribution in [3.05, 3.63) is 24.3 Å². The molecule has 1 aliphatic rings. The molecule has 1 rings (SSSR count). The fourth-order valence-corrected chi connectivity index (χ4v) is 14.5. The monoisotopic (exact) mass is 1650 g/mol. The molecular formula is C85H160N4O22P2. The third-order valence-electron chi connectivity index (χ3n) is 19.6. The standard InChI is InChI=1S/C85H160N4O22P2/c1-9-15-21-27-30-33-36-42-48-54-76(109-80(95)56-50-44-38-35-32-29-23-17-11-3)66-78(93)89-72(68-103-62-58-74(91)52-46-40-25-19-13-5)70-107-113(100,101)105-64-60-87-84(97)82-81(110-85(7,8)111-82)83(96)86-59-63-104-112(98,99)106-69-71(67-102-61-57-73(90)51-45-39-24-18-12-4)88-77(92)65-75(53-47-41-26-20-14-6)108-79(94)55-49-43-37-34-31-28-22-16-10-2/h34-35,37-38,71-76,81-82,90-91H,9-33,36,39-70H2,1-8H3,(H,86,96)(H,87,97)(H,88,92)(H,89,93)(H,98,99)(H,100,101)/b37-34+,38-35+/t71?,72?,73-,74-,75-,76-,81+,82+/m1/s1. The smallest absolute Gasteiger partial charge is 0.462 e. The van der Waals surface area contributed by atoms with Crippen LogP contribution in [0, 0.1) is 0 Å². The molecule has 0 aromatic carbocycles. The number of ether oxygens (including phenoxy) is 6. The van der Waals surface area contributed by atoms with Crippen LogP contribution in [-0.4, -0.2) is 176 Å². The zero-order valence-corrected chi connectivity index (χ0v) is 73.3. The molecule has 4 unspecified atom stereocenters. The average Bonchev–Trinajstić information content (AvgIpc) is 1.66. The molecule has 0 aromatic rings. The lowest BCUT2D eigenvalue weighted by Gasteiger charge is -2.23. The number of nitrogens with one attached hydrogen (secondary N) is 4. The van der Waals surface area contributed by atoms with Gasteiger partial charge in [-0.15, -0.1) is 0 Å². The molecule has 0 aromatic heterocycles. The maximum Gasteiger partial charge on any atom is 0.472 e. The van der Waals surface area contributed by atoms with Crippen LogP contribution >= 0.6 is 15.6 Å². The Labute approximate surface area is 682 Å². The second-order valence-electron chi connectivity index (χ2n) is 31.1. The molecular weight excluding hydrogens is 1490 g/mol. The number of carbonyl (C=O) groups excluding carboxylic acids is 6. The van der Waals surface area contributed by atoms with Gasteiger partial charge in [-0.3, -0.25) is 46.9 Å². The van der Waals surface area contributed by atoms with Crippen molar-refractivity contribution in [3.63, 3.8) is 0 Å². The van der Waals surface area contributed by atoms with E-state index in [9.17, 15) is 57.9 Å². The molecule has 1 saturated heterocycles. The summed E-state index contributed by atoms with van der Waals surface area (Å²) < 4.78 is 83.2.